The minimum Gasteiger partial charge on any atom is -0.380 e. The number of nitrogens with zero attached hydrogens (tertiary/aromatic N) is 1. The number of halogens is 1. The molecule has 0 aliphatic rings. The highest BCUT2D eigenvalue weighted by Crippen LogP contribution is 2.21. The molecule has 0 spiro atoms. The van der Waals surface area contributed by atoms with Crippen molar-refractivity contribution < 1.29 is 0 Å². The minimum atomic E-state index is 0.841. The van der Waals surface area contributed by atoms with E-state index in [4.69, 9.17) is 0 Å². The van der Waals surface area contributed by atoms with E-state index in [-0.39, 0.29) is 0 Å². The van der Waals surface area contributed by atoms with E-state index in [1.54, 1.807) is 11.3 Å². The van der Waals surface area contributed by atoms with Crippen LogP contribution < -0.4 is 5.32 Å². The Morgan fingerprint density at radius 1 is 1.35 bits per heavy atom. The summed E-state index contributed by atoms with van der Waals surface area (Å²) in [5.74, 6) is 0. The first-order valence-corrected chi connectivity index (χ1v) is 7.23. The fraction of sp³-hybridized carbons (Fsp3) is 0.308. The molecular formula is C13H15BrN2S. The van der Waals surface area contributed by atoms with Crippen LogP contribution in [0.1, 0.15) is 22.4 Å². The van der Waals surface area contributed by atoms with E-state index in [1.807, 2.05) is 6.20 Å². The Labute approximate surface area is 114 Å². The molecule has 0 aliphatic heterocycles. The summed E-state index contributed by atoms with van der Waals surface area (Å²) >= 11 is 5.28. The molecule has 1 aromatic heterocycles. The molecule has 0 saturated carbocycles. The molecule has 0 radical (unpaired) electrons. The van der Waals surface area contributed by atoms with Gasteiger partial charge in [-0.25, -0.2) is 4.98 Å². The Morgan fingerprint density at radius 3 is 2.82 bits per heavy atom. The average molecular weight is 311 g/mol. The van der Waals surface area contributed by atoms with Crippen LogP contribution in [0.25, 0.3) is 0 Å². The summed E-state index contributed by atoms with van der Waals surface area (Å²) in [7, 11) is 0. The predicted octanol–water partition coefficient (Wildman–Crippen LogP) is 4.39. The van der Waals surface area contributed by atoms with Gasteiger partial charge in [-0.1, -0.05) is 22.9 Å². The van der Waals surface area contributed by atoms with Gasteiger partial charge in [0.2, 0.25) is 0 Å². The van der Waals surface area contributed by atoms with Gasteiger partial charge in [0.15, 0.2) is 0 Å². The maximum Gasteiger partial charge on any atom is 0.0925 e. The second-order valence-corrected chi connectivity index (χ2v) is 6.06. The average Bonchev–Trinajstić information content (AvgIpc) is 2.73. The molecule has 2 aromatic rings. The third-order valence-electron chi connectivity index (χ3n) is 2.41. The van der Waals surface area contributed by atoms with E-state index in [9.17, 15) is 0 Å². The normalized spacial score (nSPS) is 10.5. The summed E-state index contributed by atoms with van der Waals surface area (Å²) in [4.78, 5) is 5.63. The molecule has 17 heavy (non-hydrogen) atoms. The zero-order valence-corrected chi connectivity index (χ0v) is 12.4. The van der Waals surface area contributed by atoms with Crippen LogP contribution in [0.4, 0.5) is 5.69 Å². The van der Waals surface area contributed by atoms with Crippen molar-refractivity contribution in [2.24, 2.45) is 0 Å². The van der Waals surface area contributed by atoms with Gasteiger partial charge >= 0.3 is 0 Å². The quantitative estimate of drug-likeness (QED) is 0.906. The highest BCUT2D eigenvalue weighted by atomic mass is 79.9. The lowest BCUT2D eigenvalue weighted by molar-refractivity contribution is 1.09. The van der Waals surface area contributed by atoms with Crippen molar-refractivity contribution >= 4 is 33.0 Å². The Hall–Kier alpha value is -0.870. The SMILES string of the molecule is CCc1ncc(CNc2cc(C)cc(Br)c2)s1. The number of thiazole rings is 1. The molecule has 0 saturated heterocycles. The summed E-state index contributed by atoms with van der Waals surface area (Å²) < 4.78 is 1.11. The number of aromatic nitrogens is 1. The second kappa shape index (κ2) is 5.65. The fourth-order valence-corrected chi connectivity index (χ4v) is 3.03. The van der Waals surface area contributed by atoms with Gasteiger partial charge in [-0.3, -0.25) is 0 Å². The predicted molar refractivity (Wildman–Crippen MR) is 77.7 cm³/mol. The van der Waals surface area contributed by atoms with Crippen LogP contribution in [0.15, 0.2) is 28.9 Å². The molecule has 2 nitrogen and oxygen atoms in total. The molecule has 0 unspecified atom stereocenters. The third kappa shape index (κ3) is 3.54. The van der Waals surface area contributed by atoms with Gasteiger partial charge in [-0.05, 0) is 37.1 Å². The maximum atomic E-state index is 4.35. The van der Waals surface area contributed by atoms with Crippen molar-refractivity contribution in [2.75, 3.05) is 5.32 Å². The molecule has 90 valence electrons. The lowest BCUT2D eigenvalue weighted by Crippen LogP contribution is -1.97. The Morgan fingerprint density at radius 2 is 2.18 bits per heavy atom. The smallest absolute Gasteiger partial charge is 0.0925 e. The van der Waals surface area contributed by atoms with Crippen molar-refractivity contribution in [2.45, 2.75) is 26.8 Å². The first kappa shape index (κ1) is 12.6. The van der Waals surface area contributed by atoms with Gasteiger partial charge in [0, 0.05) is 21.2 Å². The maximum absolute atomic E-state index is 4.35. The second-order valence-electron chi connectivity index (χ2n) is 3.94. The van der Waals surface area contributed by atoms with Gasteiger partial charge in [0.25, 0.3) is 0 Å². The highest BCUT2D eigenvalue weighted by Gasteiger charge is 2.01. The van der Waals surface area contributed by atoms with E-state index in [0.717, 1.165) is 23.1 Å². The fourth-order valence-electron chi connectivity index (χ4n) is 1.62. The summed E-state index contributed by atoms with van der Waals surface area (Å²) in [5, 5.41) is 4.62. The molecule has 1 aromatic carbocycles. The van der Waals surface area contributed by atoms with Crippen molar-refractivity contribution in [3.63, 3.8) is 0 Å². The summed E-state index contributed by atoms with van der Waals surface area (Å²) in [6, 6.07) is 6.34. The van der Waals surface area contributed by atoms with Crippen LogP contribution in [0.2, 0.25) is 0 Å². The van der Waals surface area contributed by atoms with Gasteiger partial charge in [-0.15, -0.1) is 11.3 Å². The van der Waals surface area contributed by atoms with Crippen molar-refractivity contribution in [1.29, 1.82) is 0 Å². The number of nitrogens with one attached hydrogen (secondary N) is 1. The number of rotatable bonds is 4. The molecule has 0 amide bonds. The Balaban J connectivity index is 2.01. The van der Waals surface area contributed by atoms with E-state index in [0.29, 0.717) is 0 Å². The molecule has 0 bridgehead atoms. The lowest BCUT2D eigenvalue weighted by atomic mass is 10.2. The van der Waals surface area contributed by atoms with Crippen LogP contribution in [0.3, 0.4) is 0 Å². The van der Waals surface area contributed by atoms with Crippen LogP contribution in [-0.2, 0) is 13.0 Å². The van der Waals surface area contributed by atoms with Crippen LogP contribution >= 0.6 is 27.3 Å². The summed E-state index contributed by atoms with van der Waals surface area (Å²) in [6.07, 6.45) is 2.97. The molecule has 0 atom stereocenters. The summed E-state index contributed by atoms with van der Waals surface area (Å²) in [6.45, 7) is 5.07. The zero-order chi connectivity index (χ0) is 12.3. The first-order valence-electron chi connectivity index (χ1n) is 5.62. The van der Waals surface area contributed by atoms with Crippen molar-refractivity contribution in [3.05, 3.63) is 44.3 Å². The van der Waals surface area contributed by atoms with E-state index in [2.05, 4.69) is 58.3 Å². The minimum absolute atomic E-state index is 0.841. The zero-order valence-electron chi connectivity index (χ0n) is 9.96. The third-order valence-corrected chi connectivity index (χ3v) is 4.01. The highest BCUT2D eigenvalue weighted by molar-refractivity contribution is 9.10. The Kier molecular flexibility index (Phi) is 4.18. The molecule has 0 fully saturated rings. The monoisotopic (exact) mass is 310 g/mol. The number of benzene rings is 1. The number of hydrogen-bond donors (Lipinski definition) is 1. The Bertz CT molecular complexity index is 488. The van der Waals surface area contributed by atoms with Crippen molar-refractivity contribution in [1.82, 2.24) is 4.98 Å². The molecule has 0 aliphatic carbocycles. The molecule has 4 heteroatoms. The van der Waals surface area contributed by atoms with Crippen LogP contribution in [0, 0.1) is 6.92 Å². The molecule has 1 N–H and O–H groups in total. The topological polar surface area (TPSA) is 24.9 Å². The standard InChI is InChI=1S/C13H15BrN2S/c1-3-13-16-8-12(17-13)7-15-11-5-9(2)4-10(14)6-11/h4-6,8,15H,3,7H2,1-2H3. The van der Waals surface area contributed by atoms with Gasteiger partial charge in [0.1, 0.15) is 0 Å². The number of hydrogen-bond acceptors (Lipinski definition) is 3. The van der Waals surface area contributed by atoms with Gasteiger partial charge in [0.05, 0.1) is 11.6 Å². The largest absolute Gasteiger partial charge is 0.380 e. The van der Waals surface area contributed by atoms with Crippen LogP contribution in [-0.4, -0.2) is 4.98 Å². The van der Waals surface area contributed by atoms with E-state index in [1.165, 1.54) is 15.4 Å². The van der Waals surface area contributed by atoms with Gasteiger partial charge < -0.3 is 5.32 Å². The van der Waals surface area contributed by atoms with Gasteiger partial charge in [-0.2, -0.15) is 0 Å². The van der Waals surface area contributed by atoms with E-state index >= 15 is 0 Å². The summed E-state index contributed by atoms with van der Waals surface area (Å²) in [5.41, 5.74) is 2.39. The molecule has 2 rings (SSSR count). The van der Waals surface area contributed by atoms with Crippen LogP contribution in [0.5, 0.6) is 0 Å². The van der Waals surface area contributed by atoms with Crippen molar-refractivity contribution in [3.8, 4) is 0 Å². The lowest BCUT2D eigenvalue weighted by Gasteiger charge is -2.06. The van der Waals surface area contributed by atoms with E-state index < -0.39 is 0 Å². The number of aryl methyl sites for hydroxylation is 2. The number of anilines is 1. The molecule has 1 heterocycles. The molecular weight excluding hydrogens is 296 g/mol. The first-order chi connectivity index (χ1) is 8.17.